The Morgan fingerprint density at radius 3 is 2.30 bits per heavy atom. The standard InChI is InChI=1S/C18H15NO4/c20-12-13-5-3-6-14(11-13)23-10-4-9-19-17(21)15-7-1-2-8-16(15)18(19)22/h1-3,5-8,11-12H,4,9-10H2. The van der Waals surface area contributed by atoms with Crippen LogP contribution in [0.25, 0.3) is 0 Å². The number of amides is 2. The minimum atomic E-state index is -0.256. The number of carbonyl (C=O) groups is 3. The number of benzene rings is 2. The van der Waals surface area contributed by atoms with E-state index in [0.717, 1.165) is 6.29 Å². The third-order valence-corrected chi connectivity index (χ3v) is 3.67. The summed E-state index contributed by atoms with van der Waals surface area (Å²) in [4.78, 5) is 36.3. The third-order valence-electron chi connectivity index (χ3n) is 3.67. The highest BCUT2D eigenvalue weighted by molar-refractivity contribution is 6.21. The summed E-state index contributed by atoms with van der Waals surface area (Å²) in [5.41, 5.74) is 1.46. The van der Waals surface area contributed by atoms with Crippen LogP contribution in [-0.4, -0.2) is 36.2 Å². The molecule has 3 rings (SSSR count). The highest BCUT2D eigenvalue weighted by Gasteiger charge is 2.34. The Bertz CT molecular complexity index is 734. The normalized spacial score (nSPS) is 13.1. The molecule has 2 amide bonds. The van der Waals surface area contributed by atoms with Crippen molar-refractivity contribution in [1.29, 1.82) is 0 Å². The molecule has 1 aliphatic rings. The fraction of sp³-hybridized carbons (Fsp3) is 0.167. The van der Waals surface area contributed by atoms with Gasteiger partial charge in [0.05, 0.1) is 17.7 Å². The predicted molar refractivity (Wildman–Crippen MR) is 83.8 cm³/mol. The molecule has 0 saturated heterocycles. The Kier molecular flexibility index (Phi) is 4.19. The Morgan fingerprint density at radius 2 is 1.65 bits per heavy atom. The summed E-state index contributed by atoms with van der Waals surface area (Å²) >= 11 is 0. The minimum absolute atomic E-state index is 0.256. The van der Waals surface area contributed by atoms with Gasteiger partial charge < -0.3 is 4.74 Å². The van der Waals surface area contributed by atoms with Crippen molar-refractivity contribution in [3.63, 3.8) is 0 Å². The van der Waals surface area contributed by atoms with Crippen LogP contribution in [0.2, 0.25) is 0 Å². The summed E-state index contributed by atoms with van der Waals surface area (Å²) < 4.78 is 5.55. The summed E-state index contributed by atoms with van der Waals surface area (Å²) in [6.07, 6.45) is 1.28. The number of hydrogen-bond donors (Lipinski definition) is 0. The van der Waals surface area contributed by atoms with Gasteiger partial charge in [0.2, 0.25) is 0 Å². The van der Waals surface area contributed by atoms with Crippen LogP contribution in [-0.2, 0) is 0 Å². The predicted octanol–water partition coefficient (Wildman–Crippen LogP) is 2.56. The number of ether oxygens (including phenoxy) is 1. The van der Waals surface area contributed by atoms with E-state index >= 15 is 0 Å². The summed E-state index contributed by atoms with van der Waals surface area (Å²) in [7, 11) is 0. The summed E-state index contributed by atoms with van der Waals surface area (Å²) in [5, 5.41) is 0. The second-order valence-corrected chi connectivity index (χ2v) is 5.20. The fourth-order valence-corrected chi connectivity index (χ4v) is 2.53. The molecule has 0 radical (unpaired) electrons. The van der Waals surface area contributed by atoms with Gasteiger partial charge in [0.1, 0.15) is 12.0 Å². The zero-order valence-electron chi connectivity index (χ0n) is 12.4. The Labute approximate surface area is 133 Å². The average molecular weight is 309 g/mol. The van der Waals surface area contributed by atoms with Crippen LogP contribution in [0.1, 0.15) is 37.5 Å². The zero-order chi connectivity index (χ0) is 16.2. The Morgan fingerprint density at radius 1 is 0.957 bits per heavy atom. The number of aldehydes is 1. The van der Waals surface area contributed by atoms with Gasteiger partial charge in [-0.15, -0.1) is 0 Å². The smallest absolute Gasteiger partial charge is 0.261 e. The topological polar surface area (TPSA) is 63.7 Å². The van der Waals surface area contributed by atoms with E-state index in [9.17, 15) is 14.4 Å². The maximum atomic E-state index is 12.2. The minimum Gasteiger partial charge on any atom is -0.494 e. The molecule has 0 aromatic heterocycles. The lowest BCUT2D eigenvalue weighted by Gasteiger charge is -2.14. The van der Waals surface area contributed by atoms with E-state index in [1.54, 1.807) is 48.5 Å². The number of imide groups is 1. The van der Waals surface area contributed by atoms with E-state index in [4.69, 9.17) is 4.74 Å². The molecule has 0 fully saturated rings. The summed E-state index contributed by atoms with van der Waals surface area (Å²) in [6, 6.07) is 13.7. The van der Waals surface area contributed by atoms with Crippen molar-refractivity contribution in [2.24, 2.45) is 0 Å². The molecule has 2 aromatic rings. The summed E-state index contributed by atoms with van der Waals surface area (Å²) in [5.74, 6) is 0.0825. The van der Waals surface area contributed by atoms with Crippen molar-refractivity contribution in [3.05, 3.63) is 65.2 Å². The molecule has 0 saturated carbocycles. The monoisotopic (exact) mass is 309 g/mol. The van der Waals surface area contributed by atoms with Crippen molar-refractivity contribution >= 4 is 18.1 Å². The summed E-state index contributed by atoms with van der Waals surface area (Å²) in [6.45, 7) is 0.662. The molecule has 0 unspecified atom stereocenters. The SMILES string of the molecule is O=Cc1cccc(OCCCN2C(=O)c3ccccc3C2=O)c1. The van der Waals surface area contributed by atoms with Crippen LogP contribution in [0.3, 0.4) is 0 Å². The zero-order valence-corrected chi connectivity index (χ0v) is 12.4. The second-order valence-electron chi connectivity index (χ2n) is 5.20. The molecule has 1 aliphatic heterocycles. The number of carbonyl (C=O) groups excluding carboxylic acids is 3. The number of hydrogen-bond acceptors (Lipinski definition) is 4. The van der Waals surface area contributed by atoms with Gasteiger partial charge in [0.15, 0.2) is 0 Å². The third kappa shape index (κ3) is 2.99. The molecule has 0 atom stereocenters. The van der Waals surface area contributed by atoms with E-state index in [-0.39, 0.29) is 11.8 Å². The lowest BCUT2D eigenvalue weighted by Crippen LogP contribution is -2.31. The lowest BCUT2D eigenvalue weighted by molar-refractivity contribution is 0.0646. The van der Waals surface area contributed by atoms with Gasteiger partial charge >= 0.3 is 0 Å². The highest BCUT2D eigenvalue weighted by Crippen LogP contribution is 2.22. The van der Waals surface area contributed by atoms with E-state index in [1.807, 2.05) is 0 Å². The van der Waals surface area contributed by atoms with Crippen molar-refractivity contribution in [1.82, 2.24) is 4.90 Å². The first kappa shape index (κ1) is 15.0. The van der Waals surface area contributed by atoms with Gasteiger partial charge in [-0.05, 0) is 30.7 Å². The van der Waals surface area contributed by atoms with Crippen LogP contribution in [0.15, 0.2) is 48.5 Å². The quantitative estimate of drug-likeness (QED) is 0.467. The van der Waals surface area contributed by atoms with E-state index in [2.05, 4.69) is 0 Å². The molecular formula is C18H15NO4. The van der Waals surface area contributed by atoms with Crippen LogP contribution in [0.5, 0.6) is 5.75 Å². The molecule has 2 aromatic carbocycles. The van der Waals surface area contributed by atoms with Crippen LogP contribution in [0, 0.1) is 0 Å². The molecule has 0 N–H and O–H groups in total. The average Bonchev–Trinajstić information content (AvgIpc) is 2.84. The Hall–Kier alpha value is -2.95. The van der Waals surface area contributed by atoms with Gasteiger partial charge in [0, 0.05) is 12.1 Å². The number of nitrogens with zero attached hydrogens (tertiary/aromatic N) is 1. The van der Waals surface area contributed by atoms with E-state index in [1.165, 1.54) is 4.90 Å². The van der Waals surface area contributed by atoms with Crippen LogP contribution < -0.4 is 4.74 Å². The van der Waals surface area contributed by atoms with Gasteiger partial charge in [-0.25, -0.2) is 0 Å². The van der Waals surface area contributed by atoms with Gasteiger partial charge in [-0.2, -0.15) is 0 Å². The van der Waals surface area contributed by atoms with Gasteiger partial charge in [-0.1, -0.05) is 24.3 Å². The lowest BCUT2D eigenvalue weighted by atomic mass is 10.1. The van der Waals surface area contributed by atoms with Crippen molar-refractivity contribution in [3.8, 4) is 5.75 Å². The second kappa shape index (κ2) is 6.44. The van der Waals surface area contributed by atoms with Gasteiger partial charge in [-0.3, -0.25) is 19.3 Å². The molecule has 116 valence electrons. The van der Waals surface area contributed by atoms with E-state index in [0.29, 0.717) is 42.0 Å². The fourth-order valence-electron chi connectivity index (χ4n) is 2.53. The van der Waals surface area contributed by atoms with E-state index < -0.39 is 0 Å². The number of rotatable bonds is 6. The highest BCUT2D eigenvalue weighted by atomic mass is 16.5. The molecule has 23 heavy (non-hydrogen) atoms. The van der Waals surface area contributed by atoms with Gasteiger partial charge in [0.25, 0.3) is 11.8 Å². The first-order chi connectivity index (χ1) is 11.2. The van der Waals surface area contributed by atoms with Crippen molar-refractivity contribution in [2.75, 3.05) is 13.2 Å². The molecule has 1 heterocycles. The first-order valence-electron chi connectivity index (χ1n) is 7.34. The molecular weight excluding hydrogens is 294 g/mol. The maximum absolute atomic E-state index is 12.2. The molecule has 0 bridgehead atoms. The Balaban J connectivity index is 1.55. The molecule has 5 nitrogen and oxygen atoms in total. The van der Waals surface area contributed by atoms with Crippen LogP contribution in [0.4, 0.5) is 0 Å². The largest absolute Gasteiger partial charge is 0.494 e. The van der Waals surface area contributed by atoms with Crippen molar-refractivity contribution < 1.29 is 19.1 Å². The van der Waals surface area contributed by atoms with Crippen molar-refractivity contribution in [2.45, 2.75) is 6.42 Å². The first-order valence-corrected chi connectivity index (χ1v) is 7.34. The molecule has 0 aliphatic carbocycles. The van der Waals surface area contributed by atoms with Crippen LogP contribution >= 0.6 is 0 Å². The molecule has 5 heteroatoms. The number of fused-ring (bicyclic) bond motifs is 1. The molecule has 0 spiro atoms. The maximum Gasteiger partial charge on any atom is 0.261 e.